The van der Waals surface area contributed by atoms with Gasteiger partial charge in [0.05, 0.1) is 5.56 Å². The van der Waals surface area contributed by atoms with Gasteiger partial charge in [0.15, 0.2) is 0 Å². The Morgan fingerprint density at radius 1 is 1.24 bits per heavy atom. The molecule has 0 fully saturated rings. The summed E-state index contributed by atoms with van der Waals surface area (Å²) in [6.07, 6.45) is 2.26. The van der Waals surface area contributed by atoms with Crippen LogP contribution in [0.25, 0.3) is 0 Å². The lowest BCUT2D eigenvalue weighted by Gasteiger charge is -2.05. The number of carbonyl (C=O) groups excluding carboxylic acids is 1. The Bertz CT molecular complexity index is 673. The van der Waals surface area contributed by atoms with E-state index in [1.165, 1.54) is 18.3 Å². The van der Waals surface area contributed by atoms with Gasteiger partial charge in [0.2, 0.25) is 5.91 Å². The molecule has 0 radical (unpaired) electrons. The van der Waals surface area contributed by atoms with Crippen LogP contribution in [-0.2, 0) is 11.2 Å². The Morgan fingerprint density at radius 3 is 2.76 bits per heavy atom. The van der Waals surface area contributed by atoms with E-state index >= 15 is 0 Å². The van der Waals surface area contributed by atoms with Crippen LogP contribution < -0.4 is 5.32 Å². The van der Waals surface area contributed by atoms with E-state index in [1.807, 2.05) is 24.3 Å². The number of pyridine rings is 1. The van der Waals surface area contributed by atoms with Gasteiger partial charge in [0.1, 0.15) is 5.82 Å². The van der Waals surface area contributed by atoms with Crippen molar-refractivity contribution in [2.45, 2.75) is 12.8 Å². The number of aryl methyl sites for hydroxylation is 1. The molecule has 0 aliphatic carbocycles. The third-order valence-electron chi connectivity index (χ3n) is 2.80. The quantitative estimate of drug-likeness (QED) is 0.869. The number of benzene rings is 1. The van der Waals surface area contributed by atoms with E-state index in [2.05, 4.69) is 26.2 Å². The molecule has 0 spiro atoms. The fourth-order valence-electron chi connectivity index (χ4n) is 1.79. The third-order valence-corrected chi connectivity index (χ3v) is 3.30. The van der Waals surface area contributed by atoms with Crippen molar-refractivity contribution in [3.63, 3.8) is 0 Å². The molecular weight excluding hydrogens is 336 g/mol. The average molecular weight is 349 g/mol. The number of carboxylic acids is 1. The van der Waals surface area contributed by atoms with Gasteiger partial charge in [0.25, 0.3) is 0 Å². The Hall–Kier alpha value is -2.21. The van der Waals surface area contributed by atoms with Crippen LogP contribution in [0.2, 0.25) is 0 Å². The largest absolute Gasteiger partial charge is 0.478 e. The van der Waals surface area contributed by atoms with Gasteiger partial charge in [0, 0.05) is 17.1 Å². The Balaban J connectivity index is 1.93. The highest BCUT2D eigenvalue weighted by Gasteiger charge is 2.07. The van der Waals surface area contributed by atoms with Crippen molar-refractivity contribution >= 4 is 33.6 Å². The van der Waals surface area contributed by atoms with Gasteiger partial charge in [-0.3, -0.25) is 4.79 Å². The number of anilines is 1. The molecule has 1 amide bonds. The van der Waals surface area contributed by atoms with Crippen molar-refractivity contribution in [3.8, 4) is 0 Å². The molecule has 0 unspecified atom stereocenters. The van der Waals surface area contributed by atoms with Gasteiger partial charge < -0.3 is 10.4 Å². The topological polar surface area (TPSA) is 79.3 Å². The van der Waals surface area contributed by atoms with Crippen LogP contribution in [-0.4, -0.2) is 22.0 Å². The third kappa shape index (κ3) is 4.68. The summed E-state index contributed by atoms with van der Waals surface area (Å²) in [5.74, 6) is -1.01. The van der Waals surface area contributed by atoms with Crippen LogP contribution >= 0.6 is 15.9 Å². The first-order valence-electron chi connectivity index (χ1n) is 6.28. The maximum Gasteiger partial charge on any atom is 0.335 e. The van der Waals surface area contributed by atoms with Crippen molar-refractivity contribution in [3.05, 3.63) is 58.2 Å². The first kappa shape index (κ1) is 15.2. The van der Waals surface area contributed by atoms with E-state index in [9.17, 15) is 9.59 Å². The summed E-state index contributed by atoms with van der Waals surface area (Å²) in [5, 5.41) is 11.5. The van der Waals surface area contributed by atoms with Gasteiger partial charge in [-0.2, -0.15) is 0 Å². The zero-order valence-electron chi connectivity index (χ0n) is 11.0. The number of aromatic carboxylic acids is 1. The van der Waals surface area contributed by atoms with Crippen LogP contribution in [0.5, 0.6) is 0 Å². The van der Waals surface area contributed by atoms with Crippen molar-refractivity contribution in [1.29, 1.82) is 0 Å². The molecule has 1 aromatic heterocycles. The minimum Gasteiger partial charge on any atom is -0.478 e. The minimum atomic E-state index is -1.05. The first-order valence-corrected chi connectivity index (χ1v) is 7.07. The van der Waals surface area contributed by atoms with Crippen LogP contribution in [0.1, 0.15) is 22.3 Å². The lowest BCUT2D eigenvalue weighted by molar-refractivity contribution is -0.116. The predicted molar refractivity (Wildman–Crippen MR) is 82.3 cm³/mol. The van der Waals surface area contributed by atoms with Gasteiger partial charge in [-0.15, -0.1) is 0 Å². The minimum absolute atomic E-state index is 0.0901. The zero-order valence-corrected chi connectivity index (χ0v) is 12.6. The first-order chi connectivity index (χ1) is 10.0. The smallest absolute Gasteiger partial charge is 0.335 e. The average Bonchev–Trinajstić information content (AvgIpc) is 2.45. The number of hydrogen-bond acceptors (Lipinski definition) is 3. The molecule has 0 atom stereocenters. The van der Waals surface area contributed by atoms with E-state index in [-0.39, 0.29) is 17.3 Å². The second-order valence-corrected chi connectivity index (χ2v) is 5.33. The Labute approximate surface area is 130 Å². The summed E-state index contributed by atoms with van der Waals surface area (Å²) in [7, 11) is 0. The molecule has 0 bridgehead atoms. The lowest BCUT2D eigenvalue weighted by atomic mass is 10.1. The molecule has 0 aliphatic heterocycles. The Morgan fingerprint density at radius 2 is 2.05 bits per heavy atom. The summed E-state index contributed by atoms with van der Waals surface area (Å²) in [5.41, 5.74) is 1.14. The maximum absolute atomic E-state index is 11.8. The summed E-state index contributed by atoms with van der Waals surface area (Å²) in [4.78, 5) is 26.6. The number of carboxylic acid groups (broad SMARTS) is 1. The molecule has 108 valence electrons. The van der Waals surface area contributed by atoms with Gasteiger partial charge in [-0.05, 0) is 36.2 Å². The van der Waals surface area contributed by atoms with Crippen molar-refractivity contribution in [1.82, 2.24) is 4.98 Å². The van der Waals surface area contributed by atoms with E-state index in [4.69, 9.17) is 5.11 Å². The Kier molecular flexibility index (Phi) is 5.05. The number of rotatable bonds is 5. The molecular formula is C15H13BrN2O3. The number of hydrogen-bond donors (Lipinski definition) is 2. The van der Waals surface area contributed by atoms with E-state index in [0.717, 1.165) is 10.0 Å². The number of nitrogens with one attached hydrogen (secondary N) is 1. The highest BCUT2D eigenvalue weighted by molar-refractivity contribution is 9.10. The highest BCUT2D eigenvalue weighted by Crippen LogP contribution is 2.13. The van der Waals surface area contributed by atoms with Gasteiger partial charge in [-0.25, -0.2) is 9.78 Å². The van der Waals surface area contributed by atoms with E-state index in [0.29, 0.717) is 12.8 Å². The molecule has 2 rings (SSSR count). The lowest BCUT2D eigenvalue weighted by Crippen LogP contribution is -2.14. The summed E-state index contributed by atoms with van der Waals surface area (Å²) in [6, 6.07) is 10.4. The molecule has 0 aliphatic rings. The number of aromatic nitrogens is 1. The number of halogens is 1. The van der Waals surface area contributed by atoms with Gasteiger partial charge in [-0.1, -0.05) is 28.1 Å². The number of nitrogens with zero attached hydrogens (tertiary/aromatic N) is 1. The van der Waals surface area contributed by atoms with Crippen LogP contribution in [0.15, 0.2) is 47.1 Å². The van der Waals surface area contributed by atoms with Crippen molar-refractivity contribution < 1.29 is 14.7 Å². The molecule has 2 N–H and O–H groups in total. The molecule has 21 heavy (non-hydrogen) atoms. The summed E-state index contributed by atoms with van der Waals surface area (Å²) < 4.78 is 0.969. The molecule has 0 saturated heterocycles. The molecule has 0 saturated carbocycles. The highest BCUT2D eigenvalue weighted by atomic mass is 79.9. The summed E-state index contributed by atoms with van der Waals surface area (Å²) >= 11 is 3.38. The second kappa shape index (κ2) is 6.99. The normalized spacial score (nSPS) is 10.1. The molecule has 6 heteroatoms. The van der Waals surface area contributed by atoms with E-state index in [1.54, 1.807) is 0 Å². The standard InChI is InChI=1S/C15H13BrN2O3/c16-12-3-1-2-10(8-12)4-5-14(19)18-13-9-11(15(20)21)6-7-17-13/h1-3,6-9H,4-5H2,(H,20,21)(H,17,18,19). The van der Waals surface area contributed by atoms with E-state index < -0.39 is 5.97 Å². The zero-order chi connectivity index (χ0) is 15.2. The van der Waals surface area contributed by atoms with Crippen LogP contribution in [0.4, 0.5) is 5.82 Å². The molecule has 1 heterocycles. The molecule has 5 nitrogen and oxygen atoms in total. The SMILES string of the molecule is O=C(CCc1cccc(Br)c1)Nc1cc(C(=O)O)ccn1. The fourth-order valence-corrected chi connectivity index (χ4v) is 2.23. The number of carbonyl (C=O) groups is 2. The fraction of sp³-hybridized carbons (Fsp3) is 0.133. The van der Waals surface area contributed by atoms with Crippen LogP contribution in [0.3, 0.4) is 0 Å². The van der Waals surface area contributed by atoms with Gasteiger partial charge >= 0.3 is 5.97 Å². The second-order valence-electron chi connectivity index (χ2n) is 4.41. The molecule has 2 aromatic rings. The monoisotopic (exact) mass is 348 g/mol. The maximum atomic E-state index is 11.8. The van der Waals surface area contributed by atoms with Crippen molar-refractivity contribution in [2.24, 2.45) is 0 Å². The molecule has 1 aromatic carbocycles. The van der Waals surface area contributed by atoms with Crippen molar-refractivity contribution in [2.75, 3.05) is 5.32 Å². The number of amides is 1. The predicted octanol–water partition coefficient (Wildman–Crippen LogP) is 3.11. The summed E-state index contributed by atoms with van der Waals surface area (Å²) in [6.45, 7) is 0. The van der Waals surface area contributed by atoms with Crippen LogP contribution in [0, 0.1) is 0 Å².